The van der Waals surface area contributed by atoms with Crippen LogP contribution in [0.3, 0.4) is 0 Å². The zero-order valence-corrected chi connectivity index (χ0v) is 18.1. The van der Waals surface area contributed by atoms with Gasteiger partial charge in [0.05, 0.1) is 7.11 Å². The van der Waals surface area contributed by atoms with E-state index in [1.165, 1.54) is 5.56 Å². The van der Waals surface area contributed by atoms with Gasteiger partial charge in [-0.2, -0.15) is 0 Å². The molecule has 0 bridgehead atoms. The first-order chi connectivity index (χ1) is 13.5. The second-order valence-corrected chi connectivity index (χ2v) is 7.20. The summed E-state index contributed by atoms with van der Waals surface area (Å²) in [4.78, 5) is 16.3. The zero-order chi connectivity index (χ0) is 20.4. The Bertz CT molecular complexity index is 807. The third-order valence-corrected chi connectivity index (χ3v) is 4.70. The smallest absolute Gasteiger partial charge is 0.226 e. The highest BCUT2D eigenvalue weighted by Crippen LogP contribution is 2.20. The lowest BCUT2D eigenvalue weighted by Gasteiger charge is -2.13. The normalized spacial score (nSPS) is 11.1. The minimum Gasteiger partial charge on any atom is -0.497 e. The van der Waals surface area contributed by atoms with Gasteiger partial charge in [-0.05, 0) is 48.7 Å². The molecule has 0 radical (unpaired) electrons. The number of methoxy groups -OCH3 is 1. The molecule has 0 aromatic heterocycles. The molecule has 0 unspecified atom stereocenters. The predicted molar refractivity (Wildman–Crippen MR) is 118 cm³/mol. The fourth-order valence-electron chi connectivity index (χ4n) is 2.57. The summed E-state index contributed by atoms with van der Waals surface area (Å²) in [6.07, 6.45) is 1.22. The lowest BCUT2D eigenvalue weighted by atomic mass is 10.1. The van der Waals surface area contributed by atoms with Crippen LogP contribution in [0.5, 0.6) is 5.75 Å². The molecule has 0 aliphatic rings. The van der Waals surface area contributed by atoms with E-state index in [0.717, 1.165) is 34.4 Å². The highest BCUT2D eigenvalue weighted by molar-refractivity contribution is 9.10. The highest BCUT2D eigenvalue weighted by Gasteiger charge is 2.06. The SMILES string of the molecule is CN=C(NCCC(=O)Nc1cc(Br)ccc1C)NCCc1ccc(OC)cc1. The van der Waals surface area contributed by atoms with Crippen LogP contribution in [0.1, 0.15) is 17.5 Å². The number of halogens is 1. The Morgan fingerprint density at radius 1 is 1.11 bits per heavy atom. The first-order valence-corrected chi connectivity index (χ1v) is 9.94. The average molecular weight is 447 g/mol. The minimum atomic E-state index is -0.0395. The Labute approximate surface area is 174 Å². The number of hydrogen-bond donors (Lipinski definition) is 3. The standard InChI is InChI=1S/C21H27BrN4O2/c1-15-4-7-17(22)14-19(15)26-20(27)11-13-25-21(23-2)24-12-10-16-5-8-18(28-3)9-6-16/h4-9,14H,10-13H2,1-3H3,(H,26,27)(H2,23,24,25). The minimum absolute atomic E-state index is 0.0395. The molecule has 0 aliphatic heterocycles. The lowest BCUT2D eigenvalue weighted by Crippen LogP contribution is -2.39. The van der Waals surface area contributed by atoms with Crippen molar-refractivity contribution in [2.24, 2.45) is 4.99 Å². The molecule has 0 saturated carbocycles. The number of amides is 1. The summed E-state index contributed by atoms with van der Waals surface area (Å²) in [6.45, 7) is 3.21. The number of carbonyl (C=O) groups excluding carboxylic acids is 1. The van der Waals surface area contributed by atoms with Gasteiger partial charge in [0.1, 0.15) is 5.75 Å². The van der Waals surface area contributed by atoms with Crippen LogP contribution in [0.2, 0.25) is 0 Å². The number of anilines is 1. The number of aliphatic imine (C=N–C) groups is 1. The molecule has 0 spiro atoms. The molecule has 0 aliphatic carbocycles. The molecule has 0 atom stereocenters. The second kappa shape index (κ2) is 11.3. The van der Waals surface area contributed by atoms with Gasteiger partial charge < -0.3 is 20.7 Å². The maximum Gasteiger partial charge on any atom is 0.226 e. The summed E-state index contributed by atoms with van der Waals surface area (Å²) in [6, 6.07) is 13.8. The van der Waals surface area contributed by atoms with Gasteiger partial charge in [-0.25, -0.2) is 0 Å². The fraction of sp³-hybridized carbons (Fsp3) is 0.333. The van der Waals surface area contributed by atoms with E-state index in [4.69, 9.17) is 4.74 Å². The van der Waals surface area contributed by atoms with Crippen molar-refractivity contribution in [2.45, 2.75) is 19.8 Å². The Morgan fingerprint density at radius 3 is 2.50 bits per heavy atom. The molecule has 0 fully saturated rings. The number of hydrogen-bond acceptors (Lipinski definition) is 3. The zero-order valence-electron chi connectivity index (χ0n) is 16.5. The van der Waals surface area contributed by atoms with Crippen molar-refractivity contribution >= 4 is 33.5 Å². The Morgan fingerprint density at radius 2 is 1.82 bits per heavy atom. The van der Waals surface area contributed by atoms with Crippen LogP contribution in [0.15, 0.2) is 51.9 Å². The first kappa shape index (κ1) is 21.8. The molecule has 3 N–H and O–H groups in total. The van der Waals surface area contributed by atoms with Gasteiger partial charge in [-0.15, -0.1) is 0 Å². The van der Waals surface area contributed by atoms with Crippen LogP contribution in [-0.2, 0) is 11.2 Å². The Balaban J connectivity index is 1.69. The van der Waals surface area contributed by atoms with Gasteiger partial charge in [0.25, 0.3) is 0 Å². The van der Waals surface area contributed by atoms with Crippen molar-refractivity contribution in [3.63, 3.8) is 0 Å². The first-order valence-electron chi connectivity index (χ1n) is 9.15. The number of ether oxygens (including phenoxy) is 1. The van der Waals surface area contributed by atoms with E-state index in [0.29, 0.717) is 18.9 Å². The summed E-state index contributed by atoms with van der Waals surface area (Å²) < 4.78 is 6.10. The predicted octanol–water partition coefficient (Wildman–Crippen LogP) is 3.50. The number of carbonyl (C=O) groups is 1. The maximum absolute atomic E-state index is 12.2. The van der Waals surface area contributed by atoms with Gasteiger partial charge >= 0.3 is 0 Å². The van der Waals surface area contributed by atoms with E-state index in [9.17, 15) is 4.79 Å². The number of aryl methyl sites for hydroxylation is 1. The molecule has 2 rings (SSSR count). The molecule has 0 saturated heterocycles. The van der Waals surface area contributed by atoms with Gasteiger partial charge in [0.15, 0.2) is 5.96 Å². The average Bonchev–Trinajstić information content (AvgIpc) is 2.70. The van der Waals surface area contributed by atoms with Gasteiger partial charge in [-0.1, -0.05) is 34.1 Å². The molecule has 0 heterocycles. The van der Waals surface area contributed by atoms with Crippen LogP contribution in [-0.4, -0.2) is 39.1 Å². The summed E-state index contributed by atoms with van der Waals surface area (Å²) in [7, 11) is 3.38. The van der Waals surface area contributed by atoms with Crippen molar-refractivity contribution in [1.82, 2.24) is 10.6 Å². The lowest BCUT2D eigenvalue weighted by molar-refractivity contribution is -0.116. The van der Waals surface area contributed by atoms with E-state index in [1.807, 2.05) is 49.4 Å². The molecular formula is C21H27BrN4O2. The highest BCUT2D eigenvalue weighted by atomic mass is 79.9. The molecule has 28 heavy (non-hydrogen) atoms. The van der Waals surface area contributed by atoms with Crippen molar-refractivity contribution in [3.05, 3.63) is 58.1 Å². The number of rotatable bonds is 8. The Hall–Kier alpha value is -2.54. The van der Waals surface area contributed by atoms with Crippen molar-refractivity contribution in [2.75, 3.05) is 32.6 Å². The molecule has 2 aromatic carbocycles. The molecular weight excluding hydrogens is 420 g/mol. The summed E-state index contributed by atoms with van der Waals surface area (Å²) in [5.74, 6) is 1.49. The monoisotopic (exact) mass is 446 g/mol. The number of nitrogens with one attached hydrogen (secondary N) is 3. The fourth-order valence-corrected chi connectivity index (χ4v) is 2.94. The number of benzene rings is 2. The van der Waals surface area contributed by atoms with E-state index in [-0.39, 0.29) is 5.91 Å². The van der Waals surface area contributed by atoms with Crippen LogP contribution in [0.4, 0.5) is 5.69 Å². The molecule has 1 amide bonds. The summed E-state index contributed by atoms with van der Waals surface area (Å²) >= 11 is 3.42. The third-order valence-electron chi connectivity index (χ3n) is 4.21. The van der Waals surface area contributed by atoms with Crippen LogP contribution in [0, 0.1) is 6.92 Å². The molecule has 7 heteroatoms. The largest absolute Gasteiger partial charge is 0.497 e. The molecule has 6 nitrogen and oxygen atoms in total. The van der Waals surface area contributed by atoms with Crippen molar-refractivity contribution in [3.8, 4) is 5.75 Å². The summed E-state index contributed by atoms with van der Waals surface area (Å²) in [5, 5.41) is 9.36. The van der Waals surface area contributed by atoms with Crippen LogP contribution in [0.25, 0.3) is 0 Å². The topological polar surface area (TPSA) is 74.8 Å². The van der Waals surface area contributed by atoms with Gasteiger partial charge in [-0.3, -0.25) is 9.79 Å². The third kappa shape index (κ3) is 7.23. The number of guanidine groups is 1. The van der Waals surface area contributed by atoms with E-state index < -0.39 is 0 Å². The maximum atomic E-state index is 12.2. The van der Waals surface area contributed by atoms with E-state index >= 15 is 0 Å². The van der Waals surface area contributed by atoms with Crippen molar-refractivity contribution in [1.29, 1.82) is 0 Å². The van der Waals surface area contributed by atoms with Crippen LogP contribution < -0.4 is 20.7 Å². The summed E-state index contributed by atoms with van der Waals surface area (Å²) in [5.41, 5.74) is 3.06. The van der Waals surface area contributed by atoms with Crippen molar-refractivity contribution < 1.29 is 9.53 Å². The van der Waals surface area contributed by atoms with Gasteiger partial charge in [0, 0.05) is 36.7 Å². The van der Waals surface area contributed by atoms with E-state index in [2.05, 4.69) is 36.9 Å². The Kier molecular flexibility index (Phi) is 8.81. The van der Waals surface area contributed by atoms with E-state index in [1.54, 1.807) is 14.2 Å². The quantitative estimate of drug-likeness (QED) is 0.428. The van der Waals surface area contributed by atoms with Gasteiger partial charge in [0.2, 0.25) is 5.91 Å². The second-order valence-electron chi connectivity index (χ2n) is 6.28. The number of nitrogens with zero attached hydrogens (tertiary/aromatic N) is 1. The molecule has 150 valence electrons. The molecule has 2 aromatic rings. The van der Waals surface area contributed by atoms with Crippen LogP contribution >= 0.6 is 15.9 Å².